The number of rotatable bonds is 4. The number of ether oxygens (including phenoxy) is 1. The van der Waals surface area contributed by atoms with E-state index in [1.54, 1.807) is 24.8 Å². The maximum absolute atomic E-state index is 5.56. The number of hydrogen-bond donors (Lipinski definition) is 2. The third-order valence-corrected chi connectivity index (χ3v) is 3.54. The average molecular weight is 327 g/mol. The molecule has 3 aromatic rings. The number of thiocarbonyl (C=S) groups is 1. The molecule has 0 saturated carbocycles. The molecule has 0 spiro atoms. The first-order chi connectivity index (χ1) is 11.2. The third-order valence-electron chi connectivity index (χ3n) is 3.33. The SMILES string of the molecule is CCOc1ccncc1NC(=S)Nc1cccc2c1ncn2C. The predicted molar refractivity (Wildman–Crippen MR) is 96.0 cm³/mol. The smallest absolute Gasteiger partial charge is 0.175 e. The van der Waals surface area contributed by atoms with Crippen LogP contribution >= 0.6 is 12.2 Å². The van der Waals surface area contributed by atoms with Crippen LogP contribution in [-0.4, -0.2) is 26.3 Å². The van der Waals surface area contributed by atoms with Gasteiger partial charge in [-0.15, -0.1) is 0 Å². The fourth-order valence-electron chi connectivity index (χ4n) is 2.29. The Morgan fingerprint density at radius 3 is 2.91 bits per heavy atom. The van der Waals surface area contributed by atoms with Crippen LogP contribution in [0.25, 0.3) is 11.0 Å². The number of para-hydroxylation sites is 1. The Labute approximate surface area is 139 Å². The fourth-order valence-corrected chi connectivity index (χ4v) is 2.51. The van der Waals surface area contributed by atoms with Crippen molar-refractivity contribution in [2.24, 2.45) is 7.05 Å². The lowest BCUT2D eigenvalue weighted by molar-refractivity contribution is 0.341. The summed E-state index contributed by atoms with van der Waals surface area (Å²) in [5.41, 5.74) is 3.48. The van der Waals surface area contributed by atoms with Gasteiger partial charge in [0.05, 0.1) is 30.3 Å². The van der Waals surface area contributed by atoms with Gasteiger partial charge in [-0.1, -0.05) is 6.07 Å². The summed E-state index contributed by atoms with van der Waals surface area (Å²) in [6.45, 7) is 2.51. The molecule has 6 nitrogen and oxygen atoms in total. The maximum Gasteiger partial charge on any atom is 0.175 e. The van der Waals surface area contributed by atoms with Gasteiger partial charge < -0.3 is 19.9 Å². The molecule has 0 aliphatic heterocycles. The van der Waals surface area contributed by atoms with Crippen LogP contribution in [0.15, 0.2) is 43.0 Å². The lowest BCUT2D eigenvalue weighted by Gasteiger charge is -2.14. The number of aromatic nitrogens is 3. The minimum absolute atomic E-state index is 0.456. The number of nitrogens with zero attached hydrogens (tertiary/aromatic N) is 3. The Bertz CT molecular complexity index is 845. The quantitative estimate of drug-likeness (QED) is 0.718. The van der Waals surface area contributed by atoms with Gasteiger partial charge in [0.2, 0.25) is 0 Å². The molecule has 2 aromatic heterocycles. The summed E-state index contributed by atoms with van der Waals surface area (Å²) in [5.74, 6) is 0.711. The van der Waals surface area contributed by atoms with Crippen LogP contribution in [0, 0.1) is 0 Å². The molecule has 2 N–H and O–H groups in total. The monoisotopic (exact) mass is 327 g/mol. The largest absolute Gasteiger partial charge is 0.492 e. The number of anilines is 2. The highest BCUT2D eigenvalue weighted by Crippen LogP contribution is 2.24. The zero-order chi connectivity index (χ0) is 16.2. The van der Waals surface area contributed by atoms with Gasteiger partial charge in [-0.25, -0.2) is 4.98 Å². The zero-order valence-electron chi connectivity index (χ0n) is 12.9. The van der Waals surface area contributed by atoms with Crippen LogP contribution in [0.4, 0.5) is 11.4 Å². The van der Waals surface area contributed by atoms with Gasteiger partial charge in [-0.2, -0.15) is 0 Å². The Kier molecular flexibility index (Phi) is 4.38. The summed E-state index contributed by atoms with van der Waals surface area (Å²) in [7, 11) is 1.96. The van der Waals surface area contributed by atoms with E-state index >= 15 is 0 Å². The molecule has 0 amide bonds. The van der Waals surface area contributed by atoms with Crippen molar-refractivity contribution >= 4 is 39.7 Å². The number of imidazole rings is 1. The van der Waals surface area contributed by atoms with Crippen LogP contribution in [-0.2, 0) is 7.05 Å². The van der Waals surface area contributed by atoms with E-state index in [1.165, 1.54) is 0 Å². The van der Waals surface area contributed by atoms with Crippen molar-refractivity contribution in [3.8, 4) is 5.75 Å². The Morgan fingerprint density at radius 2 is 2.09 bits per heavy atom. The fraction of sp³-hybridized carbons (Fsp3) is 0.188. The van der Waals surface area contributed by atoms with Crippen LogP contribution in [0.3, 0.4) is 0 Å². The van der Waals surface area contributed by atoms with Gasteiger partial charge >= 0.3 is 0 Å². The maximum atomic E-state index is 5.56. The second-order valence-corrected chi connectivity index (χ2v) is 5.32. The molecule has 0 unspecified atom stereocenters. The van der Waals surface area contributed by atoms with Gasteiger partial charge in [0.15, 0.2) is 5.11 Å². The Morgan fingerprint density at radius 1 is 1.26 bits per heavy atom. The van der Waals surface area contributed by atoms with E-state index in [0.717, 1.165) is 22.4 Å². The van der Waals surface area contributed by atoms with Crippen molar-refractivity contribution < 1.29 is 4.74 Å². The van der Waals surface area contributed by atoms with E-state index in [0.29, 0.717) is 17.5 Å². The number of pyridine rings is 1. The molecule has 0 radical (unpaired) electrons. The van der Waals surface area contributed by atoms with Crippen LogP contribution in [0.5, 0.6) is 5.75 Å². The van der Waals surface area contributed by atoms with Gasteiger partial charge in [0.25, 0.3) is 0 Å². The van der Waals surface area contributed by atoms with E-state index in [2.05, 4.69) is 20.6 Å². The summed E-state index contributed by atoms with van der Waals surface area (Å²) < 4.78 is 7.52. The van der Waals surface area contributed by atoms with E-state index in [-0.39, 0.29) is 0 Å². The molecule has 118 valence electrons. The van der Waals surface area contributed by atoms with E-state index < -0.39 is 0 Å². The summed E-state index contributed by atoms with van der Waals surface area (Å²) in [6, 6.07) is 7.72. The average Bonchev–Trinajstić information content (AvgIpc) is 2.92. The summed E-state index contributed by atoms with van der Waals surface area (Å²) in [6.07, 6.45) is 5.14. The molecule has 0 saturated heterocycles. The lowest BCUT2D eigenvalue weighted by atomic mass is 10.2. The molecular formula is C16H17N5OS. The molecule has 0 aliphatic carbocycles. The third kappa shape index (κ3) is 3.24. The highest BCUT2D eigenvalue weighted by atomic mass is 32.1. The molecule has 23 heavy (non-hydrogen) atoms. The van der Waals surface area contributed by atoms with Crippen molar-refractivity contribution in [1.29, 1.82) is 0 Å². The standard InChI is InChI=1S/C16H17N5OS/c1-3-22-14-7-8-17-9-12(14)20-16(23)19-11-5-4-6-13-15(11)18-10-21(13)2/h4-10H,3H2,1-2H3,(H2,19,20,23). The zero-order valence-corrected chi connectivity index (χ0v) is 13.7. The molecule has 1 aromatic carbocycles. The Hall–Kier alpha value is -2.67. The van der Waals surface area contributed by atoms with Crippen LogP contribution < -0.4 is 15.4 Å². The molecule has 3 rings (SSSR count). The van der Waals surface area contributed by atoms with Crippen LogP contribution in [0.2, 0.25) is 0 Å². The van der Waals surface area contributed by atoms with Crippen molar-refractivity contribution in [2.45, 2.75) is 6.92 Å². The van der Waals surface area contributed by atoms with Crippen LogP contribution in [0.1, 0.15) is 6.92 Å². The minimum Gasteiger partial charge on any atom is -0.492 e. The summed E-state index contributed by atoms with van der Waals surface area (Å²) in [4.78, 5) is 8.50. The van der Waals surface area contributed by atoms with E-state index in [4.69, 9.17) is 17.0 Å². The second-order valence-electron chi connectivity index (χ2n) is 4.91. The molecule has 0 bridgehead atoms. The highest BCUT2D eigenvalue weighted by molar-refractivity contribution is 7.80. The number of hydrogen-bond acceptors (Lipinski definition) is 4. The summed E-state index contributed by atoms with van der Waals surface area (Å²) in [5, 5.41) is 6.75. The van der Waals surface area contributed by atoms with E-state index in [1.807, 2.05) is 36.7 Å². The number of aryl methyl sites for hydroxylation is 1. The molecule has 0 fully saturated rings. The van der Waals surface area contributed by atoms with Gasteiger partial charge in [-0.05, 0) is 31.3 Å². The Balaban J connectivity index is 1.79. The number of nitrogens with one attached hydrogen (secondary N) is 2. The highest BCUT2D eigenvalue weighted by Gasteiger charge is 2.09. The van der Waals surface area contributed by atoms with Gasteiger partial charge in [0.1, 0.15) is 17.0 Å². The van der Waals surface area contributed by atoms with Crippen molar-refractivity contribution in [3.05, 3.63) is 43.0 Å². The molecular weight excluding hydrogens is 310 g/mol. The first kappa shape index (κ1) is 15.2. The molecule has 7 heteroatoms. The van der Waals surface area contributed by atoms with Crippen molar-refractivity contribution in [3.63, 3.8) is 0 Å². The van der Waals surface area contributed by atoms with Gasteiger partial charge in [-0.3, -0.25) is 4.98 Å². The first-order valence-corrected chi connectivity index (χ1v) is 7.64. The van der Waals surface area contributed by atoms with E-state index in [9.17, 15) is 0 Å². The minimum atomic E-state index is 0.456. The predicted octanol–water partition coefficient (Wildman–Crippen LogP) is 3.18. The van der Waals surface area contributed by atoms with Crippen molar-refractivity contribution in [2.75, 3.05) is 17.2 Å². The second kappa shape index (κ2) is 6.62. The number of fused-ring (bicyclic) bond motifs is 1. The lowest BCUT2D eigenvalue weighted by Crippen LogP contribution is -2.20. The van der Waals surface area contributed by atoms with Gasteiger partial charge in [0, 0.05) is 19.3 Å². The summed E-state index contributed by atoms with van der Waals surface area (Å²) >= 11 is 5.39. The number of benzene rings is 1. The van der Waals surface area contributed by atoms with Crippen molar-refractivity contribution in [1.82, 2.24) is 14.5 Å². The topological polar surface area (TPSA) is 64.0 Å². The molecule has 0 aliphatic rings. The molecule has 2 heterocycles. The first-order valence-electron chi connectivity index (χ1n) is 7.24. The normalized spacial score (nSPS) is 10.5. The molecule has 0 atom stereocenters.